The first-order valence-corrected chi connectivity index (χ1v) is 13.6. The van der Waals surface area contributed by atoms with Gasteiger partial charge in [-0.25, -0.2) is 0 Å². The molecule has 0 amide bonds. The summed E-state index contributed by atoms with van der Waals surface area (Å²) in [6, 6.07) is 27.6. The van der Waals surface area contributed by atoms with Gasteiger partial charge in [0.1, 0.15) is 11.2 Å². The van der Waals surface area contributed by atoms with Crippen LogP contribution in [0.3, 0.4) is 0 Å². The Hall–Kier alpha value is -2.21. The lowest BCUT2D eigenvalue weighted by Gasteiger charge is -2.43. The molecule has 1 heterocycles. The molecule has 3 nitrogen and oxygen atoms in total. The van der Waals surface area contributed by atoms with E-state index >= 15 is 0 Å². The highest BCUT2D eigenvalue weighted by Gasteiger charge is 2.52. The average Bonchev–Trinajstić information content (AvgIpc) is 3.33. The predicted molar refractivity (Wildman–Crippen MR) is 132 cm³/mol. The Bertz CT molecular complexity index is 957. The second kappa shape index (κ2) is 9.11. The van der Waals surface area contributed by atoms with Crippen LogP contribution >= 0.6 is 11.8 Å². The maximum absolute atomic E-state index is 7.14. The van der Waals surface area contributed by atoms with E-state index in [1.807, 2.05) is 11.8 Å². The van der Waals surface area contributed by atoms with Crippen LogP contribution < -0.4 is 19.5 Å². The largest absolute Gasteiger partial charge is 0.531 e. The number of ether oxygens (including phenoxy) is 2. The summed E-state index contributed by atoms with van der Waals surface area (Å²) in [5, 5.41) is 2.38. The van der Waals surface area contributed by atoms with Gasteiger partial charge in [-0.3, -0.25) is 0 Å². The third-order valence-electron chi connectivity index (χ3n) is 5.76. The van der Waals surface area contributed by atoms with Gasteiger partial charge < -0.3 is 13.9 Å². The molecule has 1 aliphatic heterocycles. The molecule has 5 heteroatoms. The quantitative estimate of drug-likeness (QED) is 0.470. The van der Waals surface area contributed by atoms with Crippen LogP contribution in [0.25, 0.3) is 0 Å². The monoisotopic (exact) mass is 450 g/mol. The number of rotatable bonds is 6. The summed E-state index contributed by atoms with van der Waals surface area (Å²) in [7, 11) is -0.995. The van der Waals surface area contributed by atoms with Crippen molar-refractivity contribution in [2.24, 2.45) is 0 Å². The highest BCUT2D eigenvalue weighted by atomic mass is 32.2. The van der Waals surface area contributed by atoms with Crippen LogP contribution in [0.4, 0.5) is 0 Å². The molecule has 0 saturated carbocycles. The molecule has 1 fully saturated rings. The van der Waals surface area contributed by atoms with Crippen molar-refractivity contribution in [2.45, 2.75) is 31.2 Å². The fraction of sp³-hybridized carbons (Fsp3) is 0.308. The van der Waals surface area contributed by atoms with Crippen LogP contribution in [-0.2, 0) is 4.74 Å². The van der Waals surface area contributed by atoms with Crippen LogP contribution in [0, 0.1) is 0 Å². The van der Waals surface area contributed by atoms with E-state index in [0.29, 0.717) is 0 Å². The molecule has 3 aromatic carbocycles. The normalized spacial score (nSPS) is 16.8. The number of methoxy groups -OCH3 is 1. The second-order valence-electron chi connectivity index (χ2n) is 8.75. The van der Waals surface area contributed by atoms with Gasteiger partial charge in [0.15, 0.2) is 5.75 Å². The SMILES string of the molecule is COc1cc(C2OCCS2)ccc1O[Si](c1ccccc1)(c1ccccc1)C(C)(C)C. The molecule has 31 heavy (non-hydrogen) atoms. The molecule has 0 spiro atoms. The van der Waals surface area contributed by atoms with Gasteiger partial charge in [0.05, 0.1) is 13.7 Å². The van der Waals surface area contributed by atoms with Crippen molar-refractivity contribution in [3.63, 3.8) is 0 Å². The first-order chi connectivity index (χ1) is 15.0. The fourth-order valence-electron chi connectivity index (χ4n) is 4.28. The van der Waals surface area contributed by atoms with Crippen molar-refractivity contribution >= 4 is 30.5 Å². The maximum atomic E-state index is 7.14. The third kappa shape index (κ3) is 4.27. The lowest BCUT2D eigenvalue weighted by atomic mass is 10.2. The number of thioether (sulfide) groups is 1. The Kier molecular flexibility index (Phi) is 6.46. The smallest absolute Gasteiger partial charge is 0.320 e. The van der Waals surface area contributed by atoms with Crippen molar-refractivity contribution in [3.05, 3.63) is 84.4 Å². The van der Waals surface area contributed by atoms with Crippen LogP contribution in [0.2, 0.25) is 5.04 Å². The highest BCUT2D eigenvalue weighted by molar-refractivity contribution is 7.99. The van der Waals surface area contributed by atoms with Crippen LogP contribution in [0.5, 0.6) is 11.5 Å². The van der Waals surface area contributed by atoms with E-state index in [1.54, 1.807) is 7.11 Å². The van der Waals surface area contributed by atoms with Gasteiger partial charge in [-0.15, -0.1) is 11.8 Å². The fourth-order valence-corrected chi connectivity index (χ4v) is 9.65. The summed E-state index contributed by atoms with van der Waals surface area (Å²) in [6.07, 6.45) is 0. The molecule has 4 rings (SSSR count). The Labute approximate surface area is 190 Å². The van der Waals surface area contributed by atoms with E-state index in [2.05, 4.69) is 99.6 Å². The van der Waals surface area contributed by atoms with E-state index in [9.17, 15) is 0 Å². The third-order valence-corrected chi connectivity index (χ3v) is 11.8. The van der Waals surface area contributed by atoms with Crippen LogP contribution in [0.15, 0.2) is 78.9 Å². The molecule has 0 radical (unpaired) electrons. The van der Waals surface area contributed by atoms with Gasteiger partial charge in [0, 0.05) is 5.75 Å². The van der Waals surface area contributed by atoms with E-state index in [-0.39, 0.29) is 10.5 Å². The van der Waals surface area contributed by atoms with Crippen molar-refractivity contribution in [2.75, 3.05) is 19.5 Å². The summed E-state index contributed by atoms with van der Waals surface area (Å²) in [5.41, 5.74) is 1.19. The summed E-state index contributed by atoms with van der Waals surface area (Å²) >= 11 is 1.82. The van der Waals surface area contributed by atoms with Gasteiger partial charge >= 0.3 is 8.32 Å². The number of hydrogen-bond donors (Lipinski definition) is 0. The second-order valence-corrected chi connectivity index (χ2v) is 14.1. The lowest BCUT2D eigenvalue weighted by molar-refractivity contribution is 0.144. The Morgan fingerprint density at radius 2 is 1.48 bits per heavy atom. The molecule has 0 aliphatic carbocycles. The average molecular weight is 451 g/mol. The summed E-state index contributed by atoms with van der Waals surface area (Å²) in [6.45, 7) is 7.63. The van der Waals surface area contributed by atoms with Gasteiger partial charge in [-0.1, -0.05) is 87.5 Å². The Morgan fingerprint density at radius 3 is 1.97 bits per heavy atom. The van der Waals surface area contributed by atoms with E-state index < -0.39 is 8.32 Å². The molecule has 1 saturated heterocycles. The maximum Gasteiger partial charge on any atom is 0.320 e. The lowest BCUT2D eigenvalue weighted by Crippen LogP contribution is -2.68. The minimum Gasteiger partial charge on any atom is -0.531 e. The Morgan fingerprint density at radius 1 is 0.871 bits per heavy atom. The van der Waals surface area contributed by atoms with Crippen molar-refractivity contribution < 1.29 is 13.9 Å². The van der Waals surface area contributed by atoms with Crippen molar-refractivity contribution in [1.82, 2.24) is 0 Å². The van der Waals surface area contributed by atoms with Crippen molar-refractivity contribution in [1.29, 1.82) is 0 Å². The molecule has 0 aromatic heterocycles. The number of benzene rings is 3. The van der Waals surface area contributed by atoms with Gasteiger partial charge in [-0.2, -0.15) is 0 Å². The Balaban J connectivity index is 1.85. The zero-order chi connectivity index (χ0) is 21.9. The first-order valence-electron chi connectivity index (χ1n) is 10.7. The highest BCUT2D eigenvalue weighted by Crippen LogP contribution is 2.42. The molecule has 162 valence electrons. The number of hydrogen-bond acceptors (Lipinski definition) is 4. The van der Waals surface area contributed by atoms with Gasteiger partial charge in [-0.05, 0) is 33.1 Å². The molecular formula is C26H30O3SSi. The van der Waals surface area contributed by atoms with E-state index in [0.717, 1.165) is 29.4 Å². The molecule has 1 aliphatic rings. The van der Waals surface area contributed by atoms with Crippen LogP contribution in [-0.4, -0.2) is 27.8 Å². The molecule has 1 atom stereocenters. The van der Waals surface area contributed by atoms with E-state index in [4.69, 9.17) is 13.9 Å². The van der Waals surface area contributed by atoms with Crippen molar-refractivity contribution in [3.8, 4) is 11.5 Å². The van der Waals surface area contributed by atoms with Gasteiger partial charge in [0.2, 0.25) is 0 Å². The van der Waals surface area contributed by atoms with Gasteiger partial charge in [0.25, 0.3) is 0 Å². The summed E-state index contributed by atoms with van der Waals surface area (Å²) in [5.74, 6) is 2.55. The zero-order valence-corrected chi connectivity index (χ0v) is 20.4. The standard InChI is InChI=1S/C26H30O3SSi/c1-26(2,3)31(21-11-7-5-8-12-21,22-13-9-6-10-14-22)29-23-16-15-20(19-24(23)27-4)25-28-17-18-30-25/h5-16,19,25H,17-18H2,1-4H3. The first kappa shape index (κ1) is 22.0. The molecule has 1 unspecified atom stereocenters. The zero-order valence-electron chi connectivity index (χ0n) is 18.6. The summed E-state index contributed by atoms with van der Waals surface area (Å²) in [4.78, 5) is 0. The van der Waals surface area contributed by atoms with Crippen LogP contribution in [0.1, 0.15) is 31.8 Å². The molecule has 0 bridgehead atoms. The summed E-state index contributed by atoms with van der Waals surface area (Å²) < 4.78 is 18.8. The topological polar surface area (TPSA) is 27.7 Å². The minimum absolute atomic E-state index is 0.0656. The van der Waals surface area contributed by atoms with E-state index in [1.165, 1.54) is 10.4 Å². The predicted octanol–water partition coefficient (Wildman–Crippen LogP) is 5.40. The molecule has 3 aromatic rings. The molecular weight excluding hydrogens is 420 g/mol. The minimum atomic E-state index is -2.70. The molecule has 0 N–H and O–H groups in total.